The van der Waals surface area contributed by atoms with E-state index in [0.29, 0.717) is 39.7 Å². The molecule has 3 rings (SSSR count). The summed E-state index contributed by atoms with van der Waals surface area (Å²) < 4.78 is 0. The highest BCUT2D eigenvalue weighted by Gasteiger charge is 2.09. The summed E-state index contributed by atoms with van der Waals surface area (Å²) in [5, 5.41) is 7.16. The first kappa shape index (κ1) is 20.3. The van der Waals surface area contributed by atoms with Crippen LogP contribution in [0.25, 0.3) is 10.9 Å². The molecule has 7 nitrogen and oxygen atoms in total. The molecule has 2 aromatic heterocycles. The van der Waals surface area contributed by atoms with Gasteiger partial charge in [-0.2, -0.15) is 0 Å². The maximum Gasteiger partial charge on any atom is 0.249 e. The number of nitrogens with zero attached hydrogens (tertiary/aromatic N) is 4. The summed E-state index contributed by atoms with van der Waals surface area (Å²) in [6.07, 6.45) is 11.7. The highest BCUT2D eigenvalue weighted by atomic mass is 35.5. The average molecular weight is 407 g/mol. The van der Waals surface area contributed by atoms with Gasteiger partial charge in [0.2, 0.25) is 5.91 Å². The summed E-state index contributed by atoms with van der Waals surface area (Å²) in [5.74, 6) is 3.23. The van der Waals surface area contributed by atoms with Crippen molar-refractivity contribution in [2.75, 3.05) is 31.3 Å². The van der Waals surface area contributed by atoms with Crippen LogP contribution in [0, 0.1) is 12.3 Å². The second-order valence-electron chi connectivity index (χ2n) is 6.43. The molecule has 2 heterocycles. The number of aromatic nitrogens is 3. The maximum atomic E-state index is 12.1. The number of benzene rings is 1. The van der Waals surface area contributed by atoms with Gasteiger partial charge in [0.25, 0.3) is 0 Å². The molecule has 0 aliphatic rings. The third-order valence-corrected chi connectivity index (χ3v) is 4.23. The summed E-state index contributed by atoms with van der Waals surface area (Å²) in [6.45, 7) is 0.668. The van der Waals surface area contributed by atoms with Gasteiger partial charge in [0.1, 0.15) is 18.0 Å². The molecule has 1 amide bonds. The molecule has 29 heavy (non-hydrogen) atoms. The smallest absolute Gasteiger partial charge is 0.249 e. The molecule has 0 aliphatic heterocycles. The van der Waals surface area contributed by atoms with Gasteiger partial charge < -0.3 is 15.5 Å². The second kappa shape index (κ2) is 9.15. The van der Waals surface area contributed by atoms with E-state index in [1.165, 1.54) is 12.4 Å². The number of likely N-dealkylation sites (N-methyl/N-ethyl adjacent to an activating group) is 1. The van der Waals surface area contributed by atoms with Crippen molar-refractivity contribution < 1.29 is 4.79 Å². The van der Waals surface area contributed by atoms with Crippen LogP contribution in [0.1, 0.15) is 5.56 Å². The van der Waals surface area contributed by atoms with Crippen molar-refractivity contribution >= 4 is 45.7 Å². The number of hydrogen-bond acceptors (Lipinski definition) is 6. The van der Waals surface area contributed by atoms with Gasteiger partial charge in [0.15, 0.2) is 0 Å². The Morgan fingerprint density at radius 1 is 1.28 bits per heavy atom. The lowest BCUT2D eigenvalue weighted by atomic mass is 10.2. The summed E-state index contributed by atoms with van der Waals surface area (Å²) in [5.41, 5.74) is 1.94. The molecule has 1 aromatic carbocycles. The minimum absolute atomic E-state index is 0.263. The SMILES string of the molecule is C#Cc1cc(Nc2ncnc3cnc(NC(=O)C=CCN(C)C)cc23)ccc1Cl. The molecular weight excluding hydrogens is 388 g/mol. The minimum atomic E-state index is -0.263. The van der Waals surface area contributed by atoms with Crippen molar-refractivity contribution in [2.45, 2.75) is 0 Å². The Morgan fingerprint density at radius 2 is 2.10 bits per heavy atom. The first-order valence-electron chi connectivity index (χ1n) is 8.72. The van der Waals surface area contributed by atoms with Crippen molar-refractivity contribution in [2.24, 2.45) is 0 Å². The van der Waals surface area contributed by atoms with E-state index in [1.54, 1.807) is 36.5 Å². The van der Waals surface area contributed by atoms with Gasteiger partial charge >= 0.3 is 0 Å². The largest absolute Gasteiger partial charge is 0.340 e. The van der Waals surface area contributed by atoms with Crippen LogP contribution in [0.3, 0.4) is 0 Å². The molecule has 3 aromatic rings. The Hall–Kier alpha value is -3.47. The summed E-state index contributed by atoms with van der Waals surface area (Å²) in [6, 6.07) is 7.00. The van der Waals surface area contributed by atoms with Crippen molar-refractivity contribution in [1.82, 2.24) is 19.9 Å². The second-order valence-corrected chi connectivity index (χ2v) is 6.83. The Labute approximate surface area is 173 Å². The number of pyridine rings is 1. The van der Waals surface area contributed by atoms with Crippen molar-refractivity contribution in [1.29, 1.82) is 0 Å². The molecule has 0 unspecified atom stereocenters. The predicted molar refractivity (Wildman–Crippen MR) is 116 cm³/mol. The average Bonchev–Trinajstić information content (AvgIpc) is 2.69. The number of terminal acetylenes is 1. The molecular formula is C21H19ClN6O. The number of amides is 1. The lowest BCUT2D eigenvalue weighted by Gasteiger charge is -2.10. The number of anilines is 3. The molecule has 0 spiro atoms. The minimum Gasteiger partial charge on any atom is -0.340 e. The quantitative estimate of drug-likeness (QED) is 0.482. The molecule has 8 heteroatoms. The number of rotatable bonds is 6. The van der Waals surface area contributed by atoms with Crippen LogP contribution in [0.5, 0.6) is 0 Å². The van der Waals surface area contributed by atoms with E-state index in [0.717, 1.165) is 5.69 Å². The standard InChI is InChI=1S/C21H19ClN6O/c1-4-14-10-15(7-8-17(14)22)26-21-16-11-19(23-12-18(16)24-13-25-21)27-20(29)6-5-9-28(2)3/h1,5-8,10-13H,9H2,2-3H3,(H,23,27,29)(H,24,25,26). The number of carbonyl (C=O) groups is 1. The molecule has 0 aliphatic carbocycles. The third-order valence-electron chi connectivity index (χ3n) is 3.90. The molecule has 2 N–H and O–H groups in total. The van der Waals surface area contributed by atoms with E-state index in [9.17, 15) is 4.79 Å². The number of fused-ring (bicyclic) bond motifs is 1. The maximum absolute atomic E-state index is 12.1. The Kier molecular flexibility index (Phi) is 6.39. The number of halogens is 1. The molecule has 0 saturated heterocycles. The highest BCUT2D eigenvalue weighted by Crippen LogP contribution is 2.26. The van der Waals surface area contributed by atoms with Crippen molar-refractivity contribution in [3.63, 3.8) is 0 Å². The molecule has 0 saturated carbocycles. The first-order chi connectivity index (χ1) is 14.0. The van der Waals surface area contributed by atoms with Crippen LogP contribution >= 0.6 is 11.6 Å². The van der Waals surface area contributed by atoms with E-state index >= 15 is 0 Å². The van der Waals surface area contributed by atoms with Crippen LogP contribution in [0.15, 0.2) is 48.9 Å². The monoisotopic (exact) mass is 406 g/mol. The molecule has 0 bridgehead atoms. The molecule has 0 fully saturated rings. The summed E-state index contributed by atoms with van der Waals surface area (Å²) in [4.78, 5) is 26.8. The van der Waals surface area contributed by atoms with E-state index in [4.69, 9.17) is 18.0 Å². The van der Waals surface area contributed by atoms with Gasteiger partial charge in [0.05, 0.1) is 16.7 Å². The van der Waals surface area contributed by atoms with Crippen molar-refractivity contribution in [3.05, 3.63) is 59.5 Å². The Bertz CT molecular complexity index is 1120. The number of nitrogens with one attached hydrogen (secondary N) is 2. The lowest BCUT2D eigenvalue weighted by molar-refractivity contribution is -0.111. The van der Waals surface area contributed by atoms with Crippen LogP contribution in [-0.4, -0.2) is 46.4 Å². The molecule has 0 atom stereocenters. The zero-order chi connectivity index (χ0) is 20.8. The van der Waals surface area contributed by atoms with Crippen LogP contribution in [0.2, 0.25) is 5.02 Å². The Morgan fingerprint density at radius 3 is 2.86 bits per heavy atom. The number of hydrogen-bond donors (Lipinski definition) is 2. The van der Waals surface area contributed by atoms with E-state index < -0.39 is 0 Å². The highest BCUT2D eigenvalue weighted by molar-refractivity contribution is 6.31. The normalized spacial score (nSPS) is 11.0. The third kappa shape index (κ3) is 5.29. The van der Waals surface area contributed by atoms with Gasteiger partial charge in [-0.1, -0.05) is 23.6 Å². The van der Waals surface area contributed by atoms with Gasteiger partial charge in [0, 0.05) is 29.3 Å². The first-order valence-corrected chi connectivity index (χ1v) is 9.10. The topological polar surface area (TPSA) is 83.0 Å². The van der Waals surface area contributed by atoms with Gasteiger partial charge in [-0.05, 0) is 38.4 Å². The van der Waals surface area contributed by atoms with Gasteiger partial charge in [-0.25, -0.2) is 15.0 Å². The number of carbonyl (C=O) groups excluding carboxylic acids is 1. The lowest BCUT2D eigenvalue weighted by Crippen LogP contribution is -2.13. The van der Waals surface area contributed by atoms with E-state index in [1.807, 2.05) is 19.0 Å². The summed E-state index contributed by atoms with van der Waals surface area (Å²) in [7, 11) is 3.85. The van der Waals surface area contributed by atoms with E-state index in [2.05, 4.69) is 31.5 Å². The fraction of sp³-hybridized carbons (Fsp3) is 0.143. The van der Waals surface area contributed by atoms with Crippen LogP contribution in [-0.2, 0) is 4.79 Å². The summed E-state index contributed by atoms with van der Waals surface area (Å²) >= 11 is 6.06. The Balaban J connectivity index is 1.86. The van der Waals surface area contributed by atoms with E-state index in [-0.39, 0.29) is 5.91 Å². The van der Waals surface area contributed by atoms with Crippen molar-refractivity contribution in [3.8, 4) is 12.3 Å². The zero-order valence-corrected chi connectivity index (χ0v) is 16.7. The van der Waals surface area contributed by atoms with Crippen LogP contribution < -0.4 is 10.6 Å². The van der Waals surface area contributed by atoms with Gasteiger partial charge in [-0.3, -0.25) is 4.79 Å². The molecule has 0 radical (unpaired) electrons. The fourth-order valence-electron chi connectivity index (χ4n) is 2.52. The van der Waals surface area contributed by atoms with Gasteiger partial charge in [-0.15, -0.1) is 6.42 Å². The van der Waals surface area contributed by atoms with Crippen LogP contribution in [0.4, 0.5) is 17.3 Å². The predicted octanol–water partition coefficient (Wildman–Crippen LogP) is 3.46. The molecule has 146 valence electrons. The zero-order valence-electron chi connectivity index (χ0n) is 16.0. The fourth-order valence-corrected chi connectivity index (χ4v) is 2.69.